The zero-order valence-electron chi connectivity index (χ0n) is 20.3. The lowest BCUT2D eigenvalue weighted by atomic mass is 9.52. The van der Waals surface area contributed by atoms with Gasteiger partial charge in [0.1, 0.15) is 23.8 Å². The van der Waals surface area contributed by atoms with Crippen LogP contribution in [0.25, 0.3) is 0 Å². The van der Waals surface area contributed by atoms with E-state index in [-0.39, 0.29) is 5.41 Å². The Hall–Kier alpha value is -2.63. The van der Waals surface area contributed by atoms with E-state index in [1.165, 1.54) is 16.7 Å². The van der Waals surface area contributed by atoms with Crippen molar-refractivity contribution in [3.63, 3.8) is 0 Å². The number of hydrogen-bond acceptors (Lipinski definition) is 5. The molecule has 34 heavy (non-hydrogen) atoms. The Bertz CT molecular complexity index is 1110. The van der Waals surface area contributed by atoms with E-state index in [2.05, 4.69) is 53.7 Å². The van der Waals surface area contributed by atoms with Gasteiger partial charge in [-0.15, -0.1) is 0 Å². The van der Waals surface area contributed by atoms with Gasteiger partial charge in [0.15, 0.2) is 0 Å². The molecule has 5 nitrogen and oxygen atoms in total. The van der Waals surface area contributed by atoms with Gasteiger partial charge in [-0.3, -0.25) is 0 Å². The van der Waals surface area contributed by atoms with E-state index < -0.39 is 5.60 Å². The van der Waals surface area contributed by atoms with Gasteiger partial charge in [-0.25, -0.2) is 0 Å². The molecule has 0 unspecified atom stereocenters. The number of rotatable bonds is 8. The molecule has 1 aromatic heterocycles. The molecule has 1 saturated carbocycles. The first-order valence-corrected chi connectivity index (χ1v) is 12.5. The first-order chi connectivity index (χ1) is 16.5. The lowest BCUT2D eigenvalue weighted by molar-refractivity contribution is -0.0990. The molecule has 5 rings (SSSR count). The Kier molecular flexibility index (Phi) is 6.50. The molecule has 1 fully saturated rings. The van der Waals surface area contributed by atoms with Crippen LogP contribution < -0.4 is 4.74 Å². The van der Waals surface area contributed by atoms with Crippen LogP contribution in [0.2, 0.25) is 0 Å². The largest absolute Gasteiger partial charge is 0.487 e. The summed E-state index contributed by atoms with van der Waals surface area (Å²) in [7, 11) is 0. The summed E-state index contributed by atoms with van der Waals surface area (Å²) in [5.74, 6) is 2.08. The van der Waals surface area contributed by atoms with Crippen molar-refractivity contribution in [1.29, 1.82) is 0 Å². The molecule has 0 saturated heterocycles. The maximum Gasteiger partial charge on any atom is 0.134 e. The van der Waals surface area contributed by atoms with E-state index in [0.717, 1.165) is 55.7 Å². The molecular formula is C29H35NO4. The molecule has 5 heteroatoms. The SMILES string of the molecule is CCOC[C@@]1(O)CC[C@@]2(Cc3ccccc3)c3ccc(OCc4cc(C)on4)cc3CC[C@@H]2C1. The van der Waals surface area contributed by atoms with Crippen molar-refractivity contribution in [2.24, 2.45) is 5.92 Å². The molecule has 1 N–H and O–H groups in total. The van der Waals surface area contributed by atoms with Gasteiger partial charge >= 0.3 is 0 Å². The fraction of sp³-hybridized carbons (Fsp3) is 0.483. The summed E-state index contributed by atoms with van der Waals surface area (Å²) < 4.78 is 16.9. The van der Waals surface area contributed by atoms with E-state index >= 15 is 0 Å². The van der Waals surface area contributed by atoms with Crippen molar-refractivity contribution in [3.8, 4) is 5.75 Å². The van der Waals surface area contributed by atoms with Crippen molar-refractivity contribution in [2.45, 2.75) is 70.0 Å². The standard InChI is InChI=1S/C29H35NO4/c1-3-32-20-28(31)13-14-29(17-22-7-5-4-6-8-22)24(18-28)10-9-23-16-26(11-12-27(23)29)33-19-25-15-21(2)34-30-25/h4-8,11-12,15-16,24,31H,3,9-10,13-14,17-20H2,1-2H3/t24-,28-,29+/m1/s1. The number of nitrogens with zero attached hydrogens (tertiary/aromatic N) is 1. The number of fused-ring (bicyclic) bond motifs is 3. The van der Waals surface area contributed by atoms with E-state index in [4.69, 9.17) is 14.0 Å². The molecule has 180 valence electrons. The highest BCUT2D eigenvalue weighted by molar-refractivity contribution is 5.45. The summed E-state index contributed by atoms with van der Waals surface area (Å²) in [6.45, 7) is 5.35. The van der Waals surface area contributed by atoms with Crippen molar-refractivity contribution in [1.82, 2.24) is 5.16 Å². The second-order valence-corrected chi connectivity index (χ2v) is 10.2. The molecule has 1 heterocycles. The van der Waals surface area contributed by atoms with Gasteiger partial charge in [0.25, 0.3) is 0 Å². The first-order valence-electron chi connectivity index (χ1n) is 12.5. The van der Waals surface area contributed by atoms with Gasteiger partial charge in [0.2, 0.25) is 0 Å². The van der Waals surface area contributed by atoms with Crippen LogP contribution in [0.1, 0.15) is 60.8 Å². The molecule has 0 amide bonds. The number of ether oxygens (including phenoxy) is 2. The molecule has 2 aliphatic rings. The van der Waals surface area contributed by atoms with Crippen molar-refractivity contribution in [2.75, 3.05) is 13.2 Å². The number of aromatic nitrogens is 1. The minimum absolute atomic E-state index is 0.0230. The topological polar surface area (TPSA) is 64.7 Å². The Morgan fingerprint density at radius 3 is 2.74 bits per heavy atom. The average Bonchev–Trinajstić information content (AvgIpc) is 3.27. The minimum atomic E-state index is -0.725. The minimum Gasteiger partial charge on any atom is -0.487 e. The van der Waals surface area contributed by atoms with Crippen molar-refractivity contribution < 1.29 is 19.1 Å². The molecule has 2 aromatic carbocycles. The highest BCUT2D eigenvalue weighted by atomic mass is 16.5. The summed E-state index contributed by atoms with van der Waals surface area (Å²) in [6.07, 6.45) is 5.58. The quantitative estimate of drug-likeness (QED) is 0.476. The lowest BCUT2D eigenvalue weighted by Crippen LogP contribution is -2.52. The number of aliphatic hydroxyl groups is 1. The van der Waals surface area contributed by atoms with Crippen LogP contribution in [0.5, 0.6) is 5.75 Å². The van der Waals surface area contributed by atoms with Gasteiger partial charge < -0.3 is 19.1 Å². The zero-order valence-corrected chi connectivity index (χ0v) is 20.3. The average molecular weight is 462 g/mol. The Morgan fingerprint density at radius 2 is 1.97 bits per heavy atom. The van der Waals surface area contributed by atoms with Crippen molar-refractivity contribution in [3.05, 3.63) is 82.7 Å². The smallest absolute Gasteiger partial charge is 0.134 e. The fourth-order valence-electron chi connectivity index (χ4n) is 6.19. The summed E-state index contributed by atoms with van der Waals surface area (Å²) in [6, 6.07) is 19.3. The van der Waals surface area contributed by atoms with Crippen LogP contribution in [-0.4, -0.2) is 29.1 Å². The van der Waals surface area contributed by atoms with Crippen molar-refractivity contribution >= 4 is 0 Å². The van der Waals surface area contributed by atoms with E-state index in [9.17, 15) is 5.11 Å². The molecule has 2 aliphatic carbocycles. The summed E-state index contributed by atoms with van der Waals surface area (Å²) in [5, 5.41) is 15.4. The predicted octanol–water partition coefficient (Wildman–Crippen LogP) is 5.56. The normalized spacial score (nSPS) is 26.0. The number of aryl methyl sites for hydroxylation is 2. The first kappa shape index (κ1) is 23.1. The fourth-order valence-corrected chi connectivity index (χ4v) is 6.19. The van der Waals surface area contributed by atoms with Gasteiger partial charge in [-0.2, -0.15) is 0 Å². The maximum absolute atomic E-state index is 11.3. The zero-order chi connectivity index (χ0) is 23.6. The van der Waals surface area contributed by atoms with E-state index in [1.54, 1.807) is 0 Å². The Balaban J connectivity index is 1.43. The third kappa shape index (κ3) is 4.64. The predicted molar refractivity (Wildman–Crippen MR) is 131 cm³/mol. The van der Waals surface area contributed by atoms with Gasteiger partial charge in [0.05, 0.1) is 12.2 Å². The Morgan fingerprint density at radius 1 is 1.12 bits per heavy atom. The van der Waals surface area contributed by atoms with Crippen LogP contribution in [0.4, 0.5) is 0 Å². The van der Waals surface area contributed by atoms with Gasteiger partial charge in [0, 0.05) is 18.1 Å². The molecule has 3 aromatic rings. The highest BCUT2D eigenvalue weighted by Gasteiger charge is 2.51. The maximum atomic E-state index is 11.3. The summed E-state index contributed by atoms with van der Waals surface area (Å²) >= 11 is 0. The molecule has 0 spiro atoms. The van der Waals surface area contributed by atoms with Crippen LogP contribution in [0.3, 0.4) is 0 Å². The number of benzene rings is 2. The summed E-state index contributed by atoms with van der Waals surface area (Å²) in [4.78, 5) is 0. The monoisotopic (exact) mass is 461 g/mol. The molecule has 0 aliphatic heterocycles. The van der Waals surface area contributed by atoms with E-state index in [1.807, 2.05) is 19.9 Å². The van der Waals surface area contributed by atoms with Crippen LogP contribution in [0.15, 0.2) is 59.1 Å². The molecule has 0 bridgehead atoms. The van der Waals surface area contributed by atoms with Gasteiger partial charge in [-0.05, 0) is 87.1 Å². The lowest BCUT2D eigenvalue weighted by Gasteiger charge is -2.53. The molecule has 0 radical (unpaired) electrons. The highest BCUT2D eigenvalue weighted by Crippen LogP contribution is 2.54. The number of hydrogen-bond donors (Lipinski definition) is 1. The van der Waals surface area contributed by atoms with Crippen LogP contribution >= 0.6 is 0 Å². The second-order valence-electron chi connectivity index (χ2n) is 10.2. The molecule has 3 atom stereocenters. The third-order valence-electron chi connectivity index (χ3n) is 7.82. The third-order valence-corrected chi connectivity index (χ3v) is 7.82. The van der Waals surface area contributed by atoms with Gasteiger partial charge in [-0.1, -0.05) is 41.6 Å². The Labute approximate surface area is 202 Å². The van der Waals surface area contributed by atoms with E-state index in [0.29, 0.717) is 25.7 Å². The van der Waals surface area contributed by atoms with Crippen LogP contribution in [0, 0.1) is 12.8 Å². The summed E-state index contributed by atoms with van der Waals surface area (Å²) in [5.41, 5.74) is 4.26. The molecular weight excluding hydrogens is 426 g/mol. The second kappa shape index (κ2) is 9.55. The van der Waals surface area contributed by atoms with Crippen LogP contribution in [-0.2, 0) is 29.6 Å².